The molecule has 0 fully saturated rings. The molecule has 8 heteroatoms. The first kappa shape index (κ1) is 13.9. The average Bonchev–Trinajstić information content (AvgIpc) is 1.60. The molecule has 0 aliphatic rings. The normalized spacial score (nSPS) is 13.3. The Hall–Kier alpha value is 0.340. The van der Waals surface area contributed by atoms with Gasteiger partial charge in [0, 0.05) is 0 Å². The number of rotatable bonds is 3. The topological polar surface area (TPSA) is 115 Å². The van der Waals surface area contributed by atoms with Gasteiger partial charge in [-0.1, -0.05) is 0 Å². The molecule has 6 nitrogen and oxygen atoms in total. The van der Waals surface area contributed by atoms with Crippen LogP contribution in [-0.4, -0.2) is 35.9 Å². The molecule has 0 radical (unpaired) electrons. The molecule has 1 atom stereocenters. The van der Waals surface area contributed by atoms with Crippen molar-refractivity contribution in [2.45, 2.75) is 5.25 Å². The predicted molar refractivity (Wildman–Crippen MR) is 27.4 cm³/mol. The average molecular weight is 192 g/mol. The number of carbonyl (C=O) groups is 1. The molecule has 1 unspecified atom stereocenters. The standard InChI is InChI=1S/C3H6O6S.Na/c4-1-2(3(5)6)10(7,8)9;/h2,4H,1H2,(H,5,6)(H,7,8,9);/q;+1/p-1. The molecule has 0 bridgehead atoms. The number of hydrogen-bond acceptors (Lipinski definition) is 5. The van der Waals surface area contributed by atoms with E-state index in [4.69, 9.17) is 9.66 Å². The maximum Gasteiger partial charge on any atom is 1.00 e. The third-order valence-electron chi connectivity index (χ3n) is 0.788. The third kappa shape index (κ3) is 4.72. The Morgan fingerprint density at radius 2 is 1.91 bits per heavy atom. The Labute approximate surface area is 85.3 Å². The summed E-state index contributed by atoms with van der Waals surface area (Å²) in [4.78, 5) is 9.77. The van der Waals surface area contributed by atoms with Gasteiger partial charge in [0.25, 0.3) is 10.1 Å². The van der Waals surface area contributed by atoms with Crippen LogP contribution in [0.2, 0.25) is 0 Å². The maximum atomic E-state index is 9.98. The van der Waals surface area contributed by atoms with Gasteiger partial charge in [-0.2, -0.15) is 8.42 Å². The van der Waals surface area contributed by atoms with Gasteiger partial charge in [0.15, 0.2) is 0 Å². The number of aliphatic hydroxyl groups is 1. The second-order valence-corrected chi connectivity index (χ2v) is 3.10. The van der Waals surface area contributed by atoms with E-state index < -0.39 is 27.9 Å². The van der Waals surface area contributed by atoms with Crippen molar-refractivity contribution in [1.29, 1.82) is 0 Å². The molecular weight excluding hydrogens is 187 g/mol. The Kier molecular flexibility index (Phi) is 6.40. The van der Waals surface area contributed by atoms with Gasteiger partial charge >= 0.3 is 29.6 Å². The number of carboxylic acids is 1. The molecule has 60 valence electrons. The van der Waals surface area contributed by atoms with Crippen molar-refractivity contribution in [3.63, 3.8) is 0 Å². The minimum Gasteiger partial charge on any atom is -0.549 e. The van der Waals surface area contributed by atoms with Crippen LogP contribution in [0, 0.1) is 0 Å². The minimum atomic E-state index is -4.73. The van der Waals surface area contributed by atoms with Crippen LogP contribution in [0.15, 0.2) is 0 Å². The molecule has 0 aliphatic carbocycles. The number of aliphatic hydroxyl groups excluding tert-OH is 1. The Morgan fingerprint density at radius 3 is 1.91 bits per heavy atom. The van der Waals surface area contributed by atoms with Gasteiger partial charge < -0.3 is 15.0 Å². The zero-order valence-corrected chi connectivity index (χ0v) is 8.54. The van der Waals surface area contributed by atoms with Crippen molar-refractivity contribution in [1.82, 2.24) is 0 Å². The number of carboxylic acid groups (broad SMARTS) is 1. The summed E-state index contributed by atoms with van der Waals surface area (Å²) in [6.07, 6.45) is 0. The molecule has 0 aromatic heterocycles. The number of aliphatic carboxylic acids is 1. The Balaban J connectivity index is 0. The van der Waals surface area contributed by atoms with Gasteiger partial charge in [-0.15, -0.1) is 0 Å². The van der Waals surface area contributed by atoms with Crippen molar-refractivity contribution >= 4 is 16.1 Å². The molecular formula is C3H5NaO6S. The van der Waals surface area contributed by atoms with Crippen LogP contribution in [-0.2, 0) is 14.9 Å². The van der Waals surface area contributed by atoms with E-state index in [1.165, 1.54) is 0 Å². The largest absolute Gasteiger partial charge is 1.00 e. The van der Waals surface area contributed by atoms with Crippen LogP contribution in [0.1, 0.15) is 0 Å². The fourth-order valence-corrected chi connectivity index (χ4v) is 0.722. The first-order valence-corrected chi connectivity index (χ1v) is 3.68. The van der Waals surface area contributed by atoms with Crippen LogP contribution in [0.25, 0.3) is 0 Å². The van der Waals surface area contributed by atoms with E-state index in [0.717, 1.165) is 0 Å². The van der Waals surface area contributed by atoms with E-state index in [1.54, 1.807) is 0 Å². The van der Waals surface area contributed by atoms with Crippen LogP contribution in [0.4, 0.5) is 0 Å². The molecule has 0 aromatic carbocycles. The van der Waals surface area contributed by atoms with Gasteiger partial charge in [0.1, 0.15) is 5.25 Å². The molecule has 0 aromatic rings. The molecule has 0 saturated heterocycles. The van der Waals surface area contributed by atoms with Gasteiger partial charge in [-0.3, -0.25) is 4.55 Å². The summed E-state index contributed by atoms with van der Waals surface area (Å²) in [5.41, 5.74) is 0. The molecule has 11 heavy (non-hydrogen) atoms. The van der Waals surface area contributed by atoms with Crippen molar-refractivity contribution in [3.8, 4) is 0 Å². The zero-order chi connectivity index (χ0) is 8.36. The zero-order valence-electron chi connectivity index (χ0n) is 5.72. The van der Waals surface area contributed by atoms with E-state index in [-0.39, 0.29) is 29.6 Å². The van der Waals surface area contributed by atoms with Crippen molar-refractivity contribution in [2.75, 3.05) is 6.61 Å². The molecule has 0 rings (SSSR count). The van der Waals surface area contributed by atoms with E-state index in [9.17, 15) is 18.3 Å². The maximum absolute atomic E-state index is 9.98. The van der Waals surface area contributed by atoms with E-state index in [2.05, 4.69) is 0 Å². The fourth-order valence-electron chi connectivity index (χ4n) is 0.290. The number of hydrogen-bond donors (Lipinski definition) is 2. The minimum absolute atomic E-state index is 0. The summed E-state index contributed by atoms with van der Waals surface area (Å²) in [7, 11) is -4.73. The van der Waals surface area contributed by atoms with Crippen LogP contribution < -0.4 is 34.7 Å². The summed E-state index contributed by atoms with van der Waals surface area (Å²) in [6, 6.07) is 0. The van der Waals surface area contributed by atoms with Gasteiger partial charge in [-0.25, -0.2) is 0 Å². The molecule has 0 amide bonds. The van der Waals surface area contributed by atoms with Gasteiger partial charge in [-0.05, 0) is 0 Å². The first-order valence-electron chi connectivity index (χ1n) is 2.17. The Bertz CT molecular complexity index is 220. The van der Waals surface area contributed by atoms with E-state index in [1.807, 2.05) is 0 Å². The molecule has 0 spiro atoms. The van der Waals surface area contributed by atoms with Crippen molar-refractivity contribution in [3.05, 3.63) is 0 Å². The first-order chi connectivity index (χ1) is 4.39. The van der Waals surface area contributed by atoms with Crippen LogP contribution in [0.3, 0.4) is 0 Å². The second-order valence-electron chi connectivity index (χ2n) is 1.51. The summed E-state index contributed by atoms with van der Waals surface area (Å²) in [5, 5.41) is 15.6. The predicted octanol–water partition coefficient (Wildman–Crippen LogP) is -6.01. The summed E-state index contributed by atoms with van der Waals surface area (Å²) in [5.74, 6) is -2.02. The van der Waals surface area contributed by atoms with E-state index >= 15 is 0 Å². The fraction of sp³-hybridized carbons (Fsp3) is 0.667. The summed E-state index contributed by atoms with van der Waals surface area (Å²) in [6.45, 7) is -1.19. The van der Waals surface area contributed by atoms with Crippen molar-refractivity contribution in [2.24, 2.45) is 0 Å². The monoisotopic (exact) mass is 192 g/mol. The van der Waals surface area contributed by atoms with Gasteiger partial charge in [0.05, 0.1) is 12.6 Å². The summed E-state index contributed by atoms with van der Waals surface area (Å²) < 4.78 is 28.0. The molecule has 0 aliphatic heterocycles. The third-order valence-corrected chi connectivity index (χ3v) is 1.85. The van der Waals surface area contributed by atoms with Crippen LogP contribution in [0.5, 0.6) is 0 Å². The molecule has 0 saturated carbocycles. The SMILES string of the molecule is O=C([O-])C(CO)S(=O)(=O)O.[Na+]. The molecule has 0 heterocycles. The molecule has 2 N–H and O–H groups in total. The quantitative estimate of drug-likeness (QED) is 0.340. The number of carbonyl (C=O) groups excluding carboxylic acids is 1. The smallest absolute Gasteiger partial charge is 0.549 e. The van der Waals surface area contributed by atoms with Gasteiger partial charge in [0.2, 0.25) is 0 Å². The Morgan fingerprint density at radius 1 is 1.55 bits per heavy atom. The van der Waals surface area contributed by atoms with Crippen molar-refractivity contribution < 1.29 is 57.5 Å². The second kappa shape index (κ2) is 5.07. The van der Waals surface area contributed by atoms with Crippen LogP contribution >= 0.6 is 0 Å². The van der Waals surface area contributed by atoms with E-state index in [0.29, 0.717) is 0 Å². The summed E-state index contributed by atoms with van der Waals surface area (Å²) >= 11 is 0.